The second-order valence-electron chi connectivity index (χ2n) is 5.88. The number of hydrogen-bond acceptors (Lipinski definition) is 6. The summed E-state index contributed by atoms with van der Waals surface area (Å²) in [6.45, 7) is -0.421. The molecule has 28 heavy (non-hydrogen) atoms. The van der Waals surface area contributed by atoms with Crippen LogP contribution in [0.5, 0.6) is 23.0 Å². The van der Waals surface area contributed by atoms with Crippen LogP contribution in [0.4, 0.5) is 0 Å². The Balaban J connectivity index is 2.38. The van der Waals surface area contributed by atoms with Gasteiger partial charge in [-0.05, 0) is 29.8 Å². The van der Waals surface area contributed by atoms with Gasteiger partial charge in [-0.1, -0.05) is 0 Å². The third-order valence-corrected chi connectivity index (χ3v) is 4.00. The van der Waals surface area contributed by atoms with E-state index in [0.29, 0.717) is 28.6 Å². The highest BCUT2D eigenvalue weighted by atomic mass is 16.5. The molecule has 2 aromatic carbocycles. The van der Waals surface area contributed by atoms with Gasteiger partial charge >= 0.3 is 5.97 Å². The summed E-state index contributed by atoms with van der Waals surface area (Å²) in [6, 6.07) is 9.83. The van der Waals surface area contributed by atoms with Crippen LogP contribution >= 0.6 is 0 Å². The van der Waals surface area contributed by atoms with Crippen molar-refractivity contribution in [2.24, 2.45) is 0 Å². The smallest absolute Gasteiger partial charge is 0.323 e. The molecule has 0 unspecified atom stereocenters. The first-order valence-electron chi connectivity index (χ1n) is 8.36. The number of aliphatic carboxylic acids is 1. The van der Waals surface area contributed by atoms with E-state index in [2.05, 4.69) is 0 Å². The van der Waals surface area contributed by atoms with Crippen molar-refractivity contribution in [2.75, 3.05) is 35.0 Å². The van der Waals surface area contributed by atoms with E-state index in [4.69, 9.17) is 18.9 Å². The Morgan fingerprint density at radius 1 is 0.786 bits per heavy atom. The molecule has 0 bridgehead atoms. The molecule has 0 aliphatic carbocycles. The second-order valence-corrected chi connectivity index (χ2v) is 5.88. The van der Waals surface area contributed by atoms with Crippen LogP contribution in [-0.4, -0.2) is 56.9 Å². The predicted octanol–water partition coefficient (Wildman–Crippen LogP) is 2.45. The Morgan fingerprint density at radius 2 is 1.21 bits per heavy atom. The Labute approximate surface area is 163 Å². The molecule has 8 nitrogen and oxygen atoms in total. The minimum Gasteiger partial charge on any atom is -0.497 e. The summed E-state index contributed by atoms with van der Waals surface area (Å²) in [6.07, 6.45) is 0. The van der Waals surface area contributed by atoms with Crippen molar-refractivity contribution >= 4 is 11.9 Å². The molecule has 0 aliphatic rings. The zero-order valence-electron chi connectivity index (χ0n) is 16.2. The molecule has 0 aliphatic heterocycles. The van der Waals surface area contributed by atoms with Crippen molar-refractivity contribution in [2.45, 2.75) is 6.54 Å². The highest BCUT2D eigenvalue weighted by Gasteiger charge is 2.21. The lowest BCUT2D eigenvalue weighted by Crippen LogP contribution is -2.35. The molecule has 0 radical (unpaired) electrons. The summed E-state index contributed by atoms with van der Waals surface area (Å²) >= 11 is 0. The standard InChI is InChI=1S/C20H23NO7/c1-25-15-5-13(6-16(9-15)26-2)11-21(12-19(22)23)20(24)14-7-17(27-3)10-18(8-14)28-4/h5-10H,11-12H2,1-4H3,(H,22,23). The zero-order chi connectivity index (χ0) is 20.7. The van der Waals surface area contributed by atoms with Crippen LogP contribution in [-0.2, 0) is 11.3 Å². The first kappa shape index (κ1) is 20.9. The lowest BCUT2D eigenvalue weighted by molar-refractivity contribution is -0.137. The van der Waals surface area contributed by atoms with Crippen molar-refractivity contribution in [3.05, 3.63) is 47.5 Å². The molecule has 0 atom stereocenters. The van der Waals surface area contributed by atoms with Gasteiger partial charge in [0.15, 0.2) is 0 Å². The van der Waals surface area contributed by atoms with Crippen LogP contribution in [0.1, 0.15) is 15.9 Å². The minimum absolute atomic E-state index is 0.0538. The van der Waals surface area contributed by atoms with Crippen LogP contribution < -0.4 is 18.9 Å². The van der Waals surface area contributed by atoms with Crippen LogP contribution in [0.15, 0.2) is 36.4 Å². The molecule has 2 aromatic rings. The number of carboxylic acid groups (broad SMARTS) is 1. The third-order valence-electron chi connectivity index (χ3n) is 4.00. The highest BCUT2D eigenvalue weighted by Crippen LogP contribution is 2.26. The van der Waals surface area contributed by atoms with Crippen LogP contribution in [0.25, 0.3) is 0 Å². The SMILES string of the molecule is COc1cc(CN(CC(=O)O)C(=O)c2cc(OC)cc(OC)c2)cc(OC)c1. The van der Waals surface area contributed by atoms with Crippen molar-refractivity contribution in [3.8, 4) is 23.0 Å². The van der Waals surface area contributed by atoms with Gasteiger partial charge in [-0.3, -0.25) is 9.59 Å². The number of amides is 1. The molecule has 0 saturated heterocycles. The Morgan fingerprint density at radius 3 is 1.61 bits per heavy atom. The minimum atomic E-state index is -1.13. The topological polar surface area (TPSA) is 94.5 Å². The Bertz CT molecular complexity index is 806. The van der Waals surface area contributed by atoms with E-state index in [1.807, 2.05) is 0 Å². The van der Waals surface area contributed by atoms with Crippen molar-refractivity contribution in [1.82, 2.24) is 4.90 Å². The summed E-state index contributed by atoms with van der Waals surface area (Å²) in [5.74, 6) is 0.349. The molecule has 0 fully saturated rings. The Kier molecular flexibility index (Phi) is 7.08. The molecule has 1 amide bonds. The number of benzene rings is 2. The van der Waals surface area contributed by atoms with Gasteiger partial charge in [0.25, 0.3) is 5.91 Å². The summed E-state index contributed by atoms with van der Waals surface area (Å²) in [4.78, 5) is 25.6. The number of ether oxygens (including phenoxy) is 4. The van der Waals surface area contributed by atoms with Crippen LogP contribution in [0.2, 0.25) is 0 Å². The fourth-order valence-electron chi connectivity index (χ4n) is 2.65. The molecular formula is C20H23NO7. The van der Waals surface area contributed by atoms with Crippen LogP contribution in [0.3, 0.4) is 0 Å². The molecule has 0 saturated carbocycles. The van der Waals surface area contributed by atoms with Gasteiger partial charge in [0, 0.05) is 24.2 Å². The van der Waals surface area contributed by atoms with Gasteiger partial charge < -0.3 is 29.0 Å². The fraction of sp³-hybridized carbons (Fsp3) is 0.300. The summed E-state index contributed by atoms with van der Waals surface area (Å²) in [5, 5.41) is 9.27. The van der Waals surface area contributed by atoms with E-state index in [0.717, 1.165) is 0 Å². The van der Waals surface area contributed by atoms with E-state index < -0.39 is 18.4 Å². The van der Waals surface area contributed by atoms with E-state index in [1.54, 1.807) is 24.3 Å². The van der Waals surface area contributed by atoms with Gasteiger partial charge in [0.05, 0.1) is 28.4 Å². The van der Waals surface area contributed by atoms with Crippen molar-refractivity contribution in [3.63, 3.8) is 0 Å². The zero-order valence-corrected chi connectivity index (χ0v) is 16.2. The summed E-state index contributed by atoms with van der Waals surface area (Å²) < 4.78 is 20.8. The van der Waals surface area contributed by atoms with Gasteiger partial charge in [-0.2, -0.15) is 0 Å². The number of rotatable bonds is 9. The molecule has 1 N–H and O–H groups in total. The normalized spacial score (nSPS) is 10.1. The van der Waals surface area contributed by atoms with Gasteiger partial charge in [-0.25, -0.2) is 0 Å². The first-order valence-corrected chi connectivity index (χ1v) is 8.36. The largest absolute Gasteiger partial charge is 0.497 e. The summed E-state index contributed by atoms with van der Waals surface area (Å²) in [5.41, 5.74) is 0.924. The molecule has 150 valence electrons. The van der Waals surface area contributed by atoms with Gasteiger partial charge in [0.1, 0.15) is 29.5 Å². The molecular weight excluding hydrogens is 366 g/mol. The van der Waals surface area contributed by atoms with Gasteiger partial charge in [0.2, 0.25) is 0 Å². The second kappa shape index (κ2) is 9.50. The van der Waals surface area contributed by atoms with Crippen molar-refractivity contribution < 1.29 is 33.6 Å². The predicted molar refractivity (Wildman–Crippen MR) is 101 cm³/mol. The number of hydrogen-bond donors (Lipinski definition) is 1. The lowest BCUT2D eigenvalue weighted by Gasteiger charge is -2.22. The van der Waals surface area contributed by atoms with E-state index in [9.17, 15) is 14.7 Å². The summed E-state index contributed by atoms with van der Waals surface area (Å²) in [7, 11) is 5.98. The number of carbonyl (C=O) groups is 2. The third kappa shape index (κ3) is 5.29. The van der Waals surface area contributed by atoms with E-state index in [1.165, 1.54) is 45.5 Å². The highest BCUT2D eigenvalue weighted by molar-refractivity contribution is 5.96. The number of carbonyl (C=O) groups excluding carboxylic acids is 1. The quantitative estimate of drug-likeness (QED) is 0.704. The van der Waals surface area contributed by atoms with Gasteiger partial charge in [-0.15, -0.1) is 0 Å². The van der Waals surface area contributed by atoms with Crippen LogP contribution in [0, 0.1) is 0 Å². The fourth-order valence-corrected chi connectivity index (χ4v) is 2.65. The van der Waals surface area contributed by atoms with E-state index >= 15 is 0 Å². The molecule has 2 rings (SSSR count). The lowest BCUT2D eigenvalue weighted by atomic mass is 10.1. The maximum atomic E-state index is 13.0. The van der Waals surface area contributed by atoms with E-state index in [-0.39, 0.29) is 12.1 Å². The molecule has 8 heteroatoms. The molecule has 0 aromatic heterocycles. The monoisotopic (exact) mass is 389 g/mol. The number of carboxylic acids is 1. The first-order chi connectivity index (χ1) is 13.4. The average molecular weight is 389 g/mol. The average Bonchev–Trinajstić information content (AvgIpc) is 2.71. The molecule has 0 spiro atoms. The molecule has 0 heterocycles. The Hall–Kier alpha value is -3.42. The number of methoxy groups -OCH3 is 4. The maximum absolute atomic E-state index is 13.0. The number of nitrogens with zero attached hydrogens (tertiary/aromatic N) is 1. The van der Waals surface area contributed by atoms with Crippen molar-refractivity contribution in [1.29, 1.82) is 0 Å². The maximum Gasteiger partial charge on any atom is 0.323 e.